The van der Waals surface area contributed by atoms with Gasteiger partial charge in [-0.15, -0.1) is 11.3 Å². The molecule has 1 unspecified atom stereocenters. The first kappa shape index (κ1) is 44.9. The third-order valence-corrected chi connectivity index (χ3v) is 20.6. The molecule has 0 saturated heterocycles. The van der Waals surface area contributed by atoms with Gasteiger partial charge in [0.15, 0.2) is 0 Å². The molecule has 4 heterocycles. The molecule has 0 bridgehead atoms. The van der Waals surface area contributed by atoms with Crippen molar-refractivity contribution in [2.45, 2.75) is 180 Å². The number of rotatable bonds is 2. The molecule has 6 aromatic carbocycles. The second kappa shape index (κ2) is 13.9. The number of benzene rings is 6. The van der Waals surface area contributed by atoms with Crippen molar-refractivity contribution >= 4 is 78.0 Å². The summed E-state index contributed by atoms with van der Waals surface area (Å²) in [5, 5.41) is 2.82. The molecule has 0 amide bonds. The summed E-state index contributed by atoms with van der Waals surface area (Å²) >= 11 is 2.04. The van der Waals surface area contributed by atoms with Crippen LogP contribution in [0.5, 0.6) is 0 Å². The van der Waals surface area contributed by atoms with E-state index in [0.29, 0.717) is 0 Å². The van der Waals surface area contributed by atoms with Gasteiger partial charge in [-0.2, -0.15) is 0 Å². The molecule has 1 atom stereocenters. The van der Waals surface area contributed by atoms with Gasteiger partial charge in [0.2, 0.25) is 0 Å². The van der Waals surface area contributed by atoms with Gasteiger partial charge in [0.1, 0.15) is 0 Å². The Balaban J connectivity index is 1.19. The van der Waals surface area contributed by atoms with Crippen molar-refractivity contribution in [3.05, 3.63) is 147 Å². The van der Waals surface area contributed by atoms with Crippen LogP contribution in [0.3, 0.4) is 0 Å². The molecule has 6 aliphatic rings. The zero-order valence-corrected chi connectivity index (χ0v) is 45.7. The summed E-state index contributed by atoms with van der Waals surface area (Å²) in [5.74, 6) is 0. The first-order valence-corrected chi connectivity index (χ1v) is 27.6. The fourth-order valence-corrected chi connectivity index (χ4v) is 16.1. The number of hydrogen-bond donors (Lipinski definition) is 0. The molecular weight excluding hydrogens is 864 g/mol. The number of nitrogens with zero attached hydrogens (tertiary/aromatic N) is 2. The standard InChI is InChI=1S/C66H73BN2S/c1-38-31-52-57-53(32-38)69(50-24-21-40(60(2,3)4)33-41(50)39-19-17-16-18-20-39)59-56(42-34-44-47(37-54(42)70-59)65(13,14)28-25-62(44,7)8)67(57)49-23-22-43-55-58(49)68(52)51-36-46-45(63(9,10)26-27-64(46,11)12)35-48(51)66(55,15)30-29-61(43,5)6/h16-24,31-37H,25-30H2,1-15H3. The first-order valence-electron chi connectivity index (χ1n) is 26.8. The fourth-order valence-electron chi connectivity index (χ4n) is 14.8. The van der Waals surface area contributed by atoms with Crippen LogP contribution >= 0.6 is 11.3 Å². The Hall–Kier alpha value is -5.06. The van der Waals surface area contributed by atoms with Crippen LogP contribution in [-0.4, -0.2) is 6.71 Å². The Morgan fingerprint density at radius 3 is 1.71 bits per heavy atom. The Labute approximate surface area is 424 Å². The average molecular weight is 937 g/mol. The molecule has 70 heavy (non-hydrogen) atoms. The largest absolute Gasteiger partial charge is 0.311 e. The molecule has 2 nitrogen and oxygen atoms in total. The van der Waals surface area contributed by atoms with Crippen LogP contribution < -0.4 is 26.2 Å². The minimum absolute atomic E-state index is 0.00442. The zero-order valence-electron chi connectivity index (χ0n) is 44.9. The van der Waals surface area contributed by atoms with E-state index in [1.165, 1.54) is 125 Å². The maximum absolute atomic E-state index is 2.83. The van der Waals surface area contributed by atoms with Gasteiger partial charge in [-0.3, -0.25) is 0 Å². The summed E-state index contributed by atoms with van der Waals surface area (Å²) in [6.45, 7) is 37.2. The molecule has 0 spiro atoms. The van der Waals surface area contributed by atoms with Crippen molar-refractivity contribution in [3.63, 3.8) is 0 Å². The quantitative estimate of drug-likeness (QED) is 0.159. The Kier molecular flexibility index (Phi) is 8.91. The van der Waals surface area contributed by atoms with Crippen molar-refractivity contribution in [1.29, 1.82) is 0 Å². The van der Waals surface area contributed by atoms with Gasteiger partial charge < -0.3 is 9.80 Å². The summed E-state index contributed by atoms with van der Waals surface area (Å²) in [7, 11) is 0. The number of hydrogen-bond acceptors (Lipinski definition) is 3. The zero-order chi connectivity index (χ0) is 49.2. The molecule has 3 aliphatic carbocycles. The lowest BCUT2D eigenvalue weighted by molar-refractivity contribution is 0.327. The molecule has 3 aliphatic heterocycles. The lowest BCUT2D eigenvalue weighted by Crippen LogP contribution is -2.62. The highest BCUT2D eigenvalue weighted by Gasteiger charge is 2.55. The molecule has 7 aromatic rings. The second-order valence-electron chi connectivity index (χ2n) is 27.5. The monoisotopic (exact) mass is 937 g/mol. The van der Waals surface area contributed by atoms with E-state index < -0.39 is 0 Å². The van der Waals surface area contributed by atoms with Crippen LogP contribution in [0.1, 0.15) is 186 Å². The Morgan fingerprint density at radius 2 is 1.07 bits per heavy atom. The van der Waals surface area contributed by atoms with Crippen LogP contribution in [0, 0.1) is 6.92 Å². The van der Waals surface area contributed by atoms with Crippen molar-refractivity contribution in [1.82, 2.24) is 0 Å². The van der Waals surface area contributed by atoms with Gasteiger partial charge in [0, 0.05) is 32.7 Å². The summed E-state index contributed by atoms with van der Waals surface area (Å²) in [6, 6.07) is 39.8. The van der Waals surface area contributed by atoms with Gasteiger partial charge in [-0.1, -0.05) is 152 Å². The van der Waals surface area contributed by atoms with E-state index in [1.54, 1.807) is 27.8 Å². The highest BCUT2D eigenvalue weighted by atomic mass is 32.1. The van der Waals surface area contributed by atoms with Crippen molar-refractivity contribution < 1.29 is 0 Å². The lowest BCUT2D eigenvalue weighted by Gasteiger charge is -2.55. The molecule has 4 heteroatoms. The van der Waals surface area contributed by atoms with E-state index in [4.69, 9.17) is 0 Å². The van der Waals surface area contributed by atoms with Gasteiger partial charge in [0.25, 0.3) is 6.71 Å². The summed E-state index contributed by atoms with van der Waals surface area (Å²) in [4.78, 5) is 5.57. The van der Waals surface area contributed by atoms with E-state index in [9.17, 15) is 0 Å². The SMILES string of the molecule is Cc1cc2c3c(c1)N1c4cc5c(cc4C4(C)CCC(C)(C)c6ccc(c1c64)B3c1c(sc3cc4c(cc13)C(C)(C)CCC4(C)C)N2c1ccc(C(C)(C)C)cc1-c1ccccc1)C(C)(C)CCC5(C)C. The predicted octanol–water partition coefficient (Wildman–Crippen LogP) is 16.6. The lowest BCUT2D eigenvalue weighted by atomic mass is 9.32. The van der Waals surface area contributed by atoms with Gasteiger partial charge in [-0.25, -0.2) is 0 Å². The van der Waals surface area contributed by atoms with Crippen LogP contribution in [0.2, 0.25) is 0 Å². The maximum atomic E-state index is 2.83. The maximum Gasteiger partial charge on any atom is 0.254 e. The molecule has 13 rings (SSSR count). The molecule has 1 aromatic heterocycles. The molecular formula is C66H73BN2S. The van der Waals surface area contributed by atoms with Crippen molar-refractivity contribution in [2.75, 3.05) is 9.80 Å². The molecule has 356 valence electrons. The van der Waals surface area contributed by atoms with Gasteiger partial charge in [0.05, 0.1) is 16.4 Å². The third-order valence-electron chi connectivity index (χ3n) is 19.5. The fraction of sp³-hybridized carbons (Fsp3) is 0.424. The van der Waals surface area contributed by atoms with E-state index in [-0.39, 0.29) is 44.6 Å². The normalized spacial score (nSPS) is 22.1. The van der Waals surface area contributed by atoms with Gasteiger partial charge in [-0.05, 0) is 198 Å². The second-order valence-corrected chi connectivity index (χ2v) is 28.5. The van der Waals surface area contributed by atoms with Crippen LogP contribution in [0.4, 0.5) is 33.4 Å². The van der Waals surface area contributed by atoms with Gasteiger partial charge >= 0.3 is 0 Å². The highest BCUT2D eigenvalue weighted by molar-refractivity contribution is 7.26. The summed E-state index contributed by atoms with van der Waals surface area (Å²) in [6.07, 6.45) is 7.13. The van der Waals surface area contributed by atoms with Crippen molar-refractivity contribution in [3.8, 4) is 11.1 Å². The van der Waals surface area contributed by atoms with E-state index in [0.717, 1.165) is 6.42 Å². The predicted molar refractivity (Wildman–Crippen MR) is 304 cm³/mol. The molecule has 0 fully saturated rings. The first-order chi connectivity index (χ1) is 32.8. The van der Waals surface area contributed by atoms with E-state index in [1.807, 2.05) is 11.3 Å². The van der Waals surface area contributed by atoms with Crippen molar-refractivity contribution in [2.24, 2.45) is 0 Å². The number of anilines is 6. The smallest absolute Gasteiger partial charge is 0.254 e. The average Bonchev–Trinajstić information content (AvgIpc) is 3.67. The van der Waals surface area contributed by atoms with E-state index >= 15 is 0 Å². The summed E-state index contributed by atoms with van der Waals surface area (Å²) < 4.78 is 1.42. The Bertz CT molecular complexity index is 3440. The Morgan fingerprint density at radius 1 is 0.500 bits per heavy atom. The number of thiophene rings is 1. The topological polar surface area (TPSA) is 6.48 Å². The minimum Gasteiger partial charge on any atom is -0.311 e. The van der Waals surface area contributed by atoms with Crippen LogP contribution in [0.15, 0.2) is 97.1 Å². The van der Waals surface area contributed by atoms with E-state index in [2.05, 4.69) is 211 Å². The molecule has 0 saturated carbocycles. The van der Waals surface area contributed by atoms with Crippen LogP contribution in [-0.2, 0) is 37.9 Å². The third kappa shape index (κ3) is 5.92. The molecule has 0 N–H and O–H groups in total. The summed E-state index contributed by atoms with van der Waals surface area (Å²) in [5.41, 5.74) is 27.6. The van der Waals surface area contributed by atoms with Crippen LogP contribution in [0.25, 0.3) is 21.2 Å². The minimum atomic E-state index is -0.118. The highest BCUT2D eigenvalue weighted by Crippen LogP contribution is 2.63. The number of aryl methyl sites for hydroxylation is 1. The molecule has 0 radical (unpaired) electrons. The number of fused-ring (bicyclic) bond motifs is 11.